The molecule has 0 saturated carbocycles. The van der Waals surface area contributed by atoms with Crippen molar-refractivity contribution in [3.8, 4) is 0 Å². The van der Waals surface area contributed by atoms with Crippen molar-refractivity contribution >= 4 is 21.8 Å². The Morgan fingerprint density at radius 1 is 1.00 bits per heavy atom. The van der Waals surface area contributed by atoms with Gasteiger partial charge in [0.15, 0.2) is 0 Å². The predicted octanol–water partition coefficient (Wildman–Crippen LogP) is 3.55. The molecule has 0 aliphatic rings. The zero-order valence-corrected chi connectivity index (χ0v) is 14.7. The third-order valence-corrected chi connectivity index (χ3v) is 4.24. The Kier molecular flexibility index (Phi) is 5.43. The van der Waals surface area contributed by atoms with Gasteiger partial charge in [0.05, 0.1) is 12.7 Å². The molecule has 0 saturated heterocycles. The highest BCUT2D eigenvalue weighted by molar-refractivity contribution is 9.10. The van der Waals surface area contributed by atoms with Crippen LogP contribution in [0.4, 0.5) is 0 Å². The summed E-state index contributed by atoms with van der Waals surface area (Å²) in [7, 11) is 0. The Bertz CT molecular complexity index is 780. The standard InChI is InChI=1S/C19H18BrN3O/c20-18-7-5-15(6-8-18)11-19(24)22-12-16-1-3-17(4-2-16)13-23-10-9-21-14-23/h1-10,14H,11-13H2,(H,22,24). The van der Waals surface area contributed by atoms with Gasteiger partial charge in [0.25, 0.3) is 0 Å². The highest BCUT2D eigenvalue weighted by Crippen LogP contribution is 2.11. The van der Waals surface area contributed by atoms with Crippen molar-refractivity contribution in [2.24, 2.45) is 0 Å². The lowest BCUT2D eigenvalue weighted by Crippen LogP contribution is -2.24. The molecule has 24 heavy (non-hydrogen) atoms. The monoisotopic (exact) mass is 383 g/mol. The van der Waals surface area contributed by atoms with Crippen molar-refractivity contribution in [1.82, 2.24) is 14.9 Å². The highest BCUT2D eigenvalue weighted by Gasteiger charge is 2.04. The smallest absolute Gasteiger partial charge is 0.224 e. The molecule has 3 rings (SSSR count). The minimum atomic E-state index is 0.0276. The largest absolute Gasteiger partial charge is 0.352 e. The molecule has 4 nitrogen and oxygen atoms in total. The molecular formula is C19H18BrN3O. The van der Waals surface area contributed by atoms with Crippen molar-refractivity contribution in [3.63, 3.8) is 0 Å². The molecule has 0 aliphatic heterocycles. The van der Waals surface area contributed by atoms with E-state index < -0.39 is 0 Å². The second kappa shape index (κ2) is 7.93. The van der Waals surface area contributed by atoms with Gasteiger partial charge in [0.1, 0.15) is 0 Å². The Hall–Kier alpha value is -2.40. The van der Waals surface area contributed by atoms with Gasteiger partial charge in [-0.3, -0.25) is 4.79 Å². The van der Waals surface area contributed by atoms with Crippen molar-refractivity contribution in [2.45, 2.75) is 19.5 Å². The quantitative estimate of drug-likeness (QED) is 0.707. The minimum Gasteiger partial charge on any atom is -0.352 e. The van der Waals surface area contributed by atoms with Crippen LogP contribution in [0.1, 0.15) is 16.7 Å². The molecule has 1 aromatic heterocycles. The fraction of sp³-hybridized carbons (Fsp3) is 0.158. The molecule has 0 bridgehead atoms. The van der Waals surface area contributed by atoms with E-state index in [1.165, 1.54) is 5.56 Å². The van der Waals surface area contributed by atoms with Gasteiger partial charge in [-0.05, 0) is 28.8 Å². The van der Waals surface area contributed by atoms with Crippen molar-refractivity contribution in [2.75, 3.05) is 0 Å². The number of rotatable bonds is 6. The van der Waals surface area contributed by atoms with E-state index >= 15 is 0 Å². The van der Waals surface area contributed by atoms with Gasteiger partial charge >= 0.3 is 0 Å². The van der Waals surface area contributed by atoms with E-state index in [1.807, 2.05) is 47.2 Å². The summed E-state index contributed by atoms with van der Waals surface area (Å²) in [6.45, 7) is 1.34. The lowest BCUT2D eigenvalue weighted by atomic mass is 10.1. The number of hydrogen-bond acceptors (Lipinski definition) is 2. The summed E-state index contributed by atoms with van der Waals surface area (Å²) >= 11 is 3.39. The molecule has 0 unspecified atom stereocenters. The van der Waals surface area contributed by atoms with Crippen molar-refractivity contribution in [1.29, 1.82) is 0 Å². The van der Waals surface area contributed by atoms with Crippen LogP contribution < -0.4 is 5.32 Å². The van der Waals surface area contributed by atoms with Crippen LogP contribution in [-0.4, -0.2) is 15.5 Å². The number of carbonyl (C=O) groups excluding carboxylic acids is 1. The molecule has 1 amide bonds. The third kappa shape index (κ3) is 4.80. The molecule has 5 heteroatoms. The molecule has 2 aromatic carbocycles. The van der Waals surface area contributed by atoms with Gasteiger partial charge in [-0.1, -0.05) is 52.3 Å². The fourth-order valence-electron chi connectivity index (χ4n) is 2.40. The van der Waals surface area contributed by atoms with Gasteiger partial charge in [-0.2, -0.15) is 0 Å². The summed E-state index contributed by atoms with van der Waals surface area (Å²) in [5.74, 6) is 0.0276. The number of carbonyl (C=O) groups is 1. The van der Waals surface area contributed by atoms with E-state index in [0.29, 0.717) is 13.0 Å². The molecule has 3 aromatic rings. The van der Waals surface area contributed by atoms with Crippen LogP contribution in [0.15, 0.2) is 71.7 Å². The number of hydrogen-bond donors (Lipinski definition) is 1. The molecule has 122 valence electrons. The highest BCUT2D eigenvalue weighted by atomic mass is 79.9. The number of benzene rings is 2. The molecule has 0 atom stereocenters. The zero-order valence-electron chi connectivity index (χ0n) is 13.2. The van der Waals surface area contributed by atoms with E-state index in [9.17, 15) is 4.79 Å². The Labute approximate surface area is 149 Å². The average molecular weight is 384 g/mol. The SMILES string of the molecule is O=C(Cc1ccc(Br)cc1)NCc1ccc(Cn2ccnc2)cc1. The van der Waals surface area contributed by atoms with Gasteiger partial charge in [0, 0.05) is 30.0 Å². The van der Waals surface area contributed by atoms with Crippen LogP contribution >= 0.6 is 15.9 Å². The van der Waals surface area contributed by atoms with Crippen molar-refractivity contribution < 1.29 is 4.79 Å². The Balaban J connectivity index is 1.49. The predicted molar refractivity (Wildman–Crippen MR) is 97.5 cm³/mol. The first kappa shape index (κ1) is 16.5. The molecular weight excluding hydrogens is 366 g/mol. The summed E-state index contributed by atoms with van der Waals surface area (Å²) in [6.07, 6.45) is 5.91. The fourth-order valence-corrected chi connectivity index (χ4v) is 2.67. The second-order valence-corrected chi connectivity index (χ2v) is 6.55. The van der Waals surface area contributed by atoms with Crippen LogP contribution in [0.3, 0.4) is 0 Å². The molecule has 0 aliphatic carbocycles. The summed E-state index contributed by atoms with van der Waals surface area (Å²) in [5.41, 5.74) is 3.30. The number of nitrogens with one attached hydrogen (secondary N) is 1. The summed E-state index contributed by atoms with van der Waals surface area (Å²) in [6, 6.07) is 16.1. The van der Waals surface area contributed by atoms with Gasteiger partial charge < -0.3 is 9.88 Å². The van der Waals surface area contributed by atoms with Gasteiger partial charge in [0.2, 0.25) is 5.91 Å². The Morgan fingerprint density at radius 3 is 2.33 bits per heavy atom. The summed E-state index contributed by atoms with van der Waals surface area (Å²) in [4.78, 5) is 16.1. The van der Waals surface area contributed by atoms with Gasteiger partial charge in [-0.15, -0.1) is 0 Å². The van der Waals surface area contributed by atoms with Crippen LogP contribution in [0, 0.1) is 0 Å². The van der Waals surface area contributed by atoms with E-state index in [-0.39, 0.29) is 5.91 Å². The maximum absolute atomic E-state index is 12.0. The Morgan fingerprint density at radius 2 is 1.67 bits per heavy atom. The molecule has 1 heterocycles. The van der Waals surface area contributed by atoms with E-state index in [0.717, 1.165) is 22.1 Å². The third-order valence-electron chi connectivity index (χ3n) is 3.71. The number of halogens is 1. The maximum atomic E-state index is 12.0. The number of imidazole rings is 1. The lowest BCUT2D eigenvalue weighted by molar-refractivity contribution is -0.120. The first-order valence-electron chi connectivity index (χ1n) is 7.74. The second-order valence-electron chi connectivity index (χ2n) is 5.63. The number of aromatic nitrogens is 2. The summed E-state index contributed by atoms with van der Waals surface area (Å²) in [5, 5.41) is 2.96. The normalized spacial score (nSPS) is 10.5. The van der Waals surface area contributed by atoms with Crippen molar-refractivity contribution in [3.05, 3.63) is 88.4 Å². The molecule has 1 N–H and O–H groups in total. The van der Waals surface area contributed by atoms with Crippen LogP contribution in [-0.2, 0) is 24.3 Å². The molecule has 0 radical (unpaired) electrons. The van der Waals surface area contributed by atoms with Crippen LogP contribution in [0.2, 0.25) is 0 Å². The van der Waals surface area contributed by atoms with Crippen LogP contribution in [0.25, 0.3) is 0 Å². The van der Waals surface area contributed by atoms with E-state index in [2.05, 4.69) is 38.4 Å². The molecule has 0 spiro atoms. The lowest BCUT2D eigenvalue weighted by Gasteiger charge is -2.07. The van der Waals surface area contributed by atoms with Crippen LogP contribution in [0.5, 0.6) is 0 Å². The summed E-state index contributed by atoms with van der Waals surface area (Å²) < 4.78 is 3.04. The minimum absolute atomic E-state index is 0.0276. The molecule has 0 fully saturated rings. The van der Waals surface area contributed by atoms with E-state index in [4.69, 9.17) is 0 Å². The first-order valence-corrected chi connectivity index (χ1v) is 8.53. The topological polar surface area (TPSA) is 46.9 Å². The number of nitrogens with zero attached hydrogens (tertiary/aromatic N) is 2. The average Bonchev–Trinajstić information content (AvgIpc) is 3.09. The van der Waals surface area contributed by atoms with E-state index in [1.54, 1.807) is 12.5 Å². The number of amides is 1. The zero-order chi connectivity index (χ0) is 16.8. The maximum Gasteiger partial charge on any atom is 0.224 e. The van der Waals surface area contributed by atoms with Gasteiger partial charge in [-0.25, -0.2) is 4.98 Å². The first-order chi connectivity index (χ1) is 11.7.